The maximum atomic E-state index is 11.9. The van der Waals surface area contributed by atoms with Crippen molar-refractivity contribution in [2.45, 2.75) is 33.4 Å². The van der Waals surface area contributed by atoms with E-state index in [2.05, 4.69) is 5.32 Å². The summed E-state index contributed by atoms with van der Waals surface area (Å²) in [5.41, 5.74) is 0.915. The van der Waals surface area contributed by atoms with Crippen LogP contribution in [0.4, 0.5) is 4.79 Å². The number of hydrogen-bond acceptors (Lipinski definition) is 4. The molecule has 1 N–H and O–H groups in total. The molecule has 1 rings (SSSR count). The normalized spacial score (nSPS) is 12.0. The van der Waals surface area contributed by atoms with Crippen molar-refractivity contribution in [2.75, 3.05) is 5.75 Å². The van der Waals surface area contributed by atoms with Crippen LogP contribution in [-0.4, -0.2) is 23.0 Å². The van der Waals surface area contributed by atoms with Crippen LogP contribution in [0.5, 0.6) is 0 Å². The van der Waals surface area contributed by atoms with Gasteiger partial charge in [0.25, 0.3) is 0 Å². The van der Waals surface area contributed by atoms with Crippen molar-refractivity contribution >= 4 is 23.0 Å². The second-order valence-corrected chi connectivity index (χ2v) is 5.95. The summed E-state index contributed by atoms with van der Waals surface area (Å²) in [6.07, 6.45) is -0.558. The van der Waals surface area contributed by atoms with Gasteiger partial charge in [0.2, 0.25) is 5.12 Å². The van der Waals surface area contributed by atoms with E-state index < -0.39 is 12.1 Å². The van der Waals surface area contributed by atoms with Gasteiger partial charge in [-0.05, 0) is 17.2 Å². The molecule has 0 bridgehead atoms. The molecule has 4 nitrogen and oxygen atoms in total. The monoisotopic (exact) mass is 295 g/mol. The molecule has 0 aromatic heterocycles. The van der Waals surface area contributed by atoms with E-state index in [1.54, 1.807) is 0 Å². The van der Waals surface area contributed by atoms with E-state index in [0.717, 1.165) is 5.56 Å². The lowest BCUT2D eigenvalue weighted by Crippen LogP contribution is -2.43. The third kappa shape index (κ3) is 5.65. The Balaban J connectivity index is 2.48. The minimum absolute atomic E-state index is 0.0286. The van der Waals surface area contributed by atoms with E-state index >= 15 is 0 Å². The van der Waals surface area contributed by atoms with Crippen LogP contribution in [0.15, 0.2) is 30.3 Å². The summed E-state index contributed by atoms with van der Waals surface area (Å²) >= 11 is 1.21. The molecule has 110 valence electrons. The molecular weight excluding hydrogens is 274 g/mol. The van der Waals surface area contributed by atoms with Crippen molar-refractivity contribution in [3.05, 3.63) is 35.9 Å². The number of thioether (sulfide) groups is 1. The average molecular weight is 295 g/mol. The lowest BCUT2D eigenvalue weighted by atomic mass is 10.1. The molecule has 0 aliphatic carbocycles. The quantitative estimate of drug-likeness (QED) is 0.875. The van der Waals surface area contributed by atoms with Crippen LogP contribution in [0.1, 0.15) is 26.3 Å². The molecule has 0 aliphatic heterocycles. The smallest absolute Gasteiger partial charge is 0.408 e. The first-order valence-electron chi connectivity index (χ1n) is 6.68. The minimum Gasteiger partial charge on any atom is -0.445 e. The summed E-state index contributed by atoms with van der Waals surface area (Å²) in [6.45, 7) is 5.91. The summed E-state index contributed by atoms with van der Waals surface area (Å²) < 4.78 is 5.13. The van der Waals surface area contributed by atoms with Crippen molar-refractivity contribution in [3.63, 3.8) is 0 Å². The van der Waals surface area contributed by atoms with Gasteiger partial charge in [0, 0.05) is 0 Å². The topological polar surface area (TPSA) is 55.4 Å². The number of carbonyl (C=O) groups is 2. The number of amides is 1. The van der Waals surface area contributed by atoms with Crippen LogP contribution in [0.2, 0.25) is 0 Å². The van der Waals surface area contributed by atoms with E-state index in [1.807, 2.05) is 51.1 Å². The second kappa shape index (κ2) is 8.64. The van der Waals surface area contributed by atoms with E-state index in [9.17, 15) is 9.59 Å². The van der Waals surface area contributed by atoms with Gasteiger partial charge in [-0.2, -0.15) is 0 Å². The number of benzene rings is 1. The average Bonchev–Trinajstić information content (AvgIpc) is 2.43. The number of ether oxygens (including phenoxy) is 1. The highest BCUT2D eigenvalue weighted by Crippen LogP contribution is 2.12. The fourth-order valence-corrected chi connectivity index (χ4v) is 2.42. The number of nitrogens with one attached hydrogen (secondary N) is 1. The van der Waals surface area contributed by atoms with Gasteiger partial charge in [-0.15, -0.1) is 0 Å². The van der Waals surface area contributed by atoms with Crippen molar-refractivity contribution in [1.82, 2.24) is 5.32 Å². The first-order chi connectivity index (χ1) is 9.54. The lowest BCUT2D eigenvalue weighted by molar-refractivity contribution is -0.113. The summed E-state index contributed by atoms with van der Waals surface area (Å²) in [7, 11) is 0. The van der Waals surface area contributed by atoms with E-state index in [-0.39, 0.29) is 17.6 Å². The third-order valence-corrected chi connectivity index (χ3v) is 3.52. The van der Waals surface area contributed by atoms with Crippen LogP contribution in [0.25, 0.3) is 0 Å². The Morgan fingerprint density at radius 3 is 2.45 bits per heavy atom. The van der Waals surface area contributed by atoms with E-state index in [4.69, 9.17) is 4.74 Å². The lowest BCUT2D eigenvalue weighted by Gasteiger charge is -2.20. The summed E-state index contributed by atoms with van der Waals surface area (Å²) in [6, 6.07) is 8.92. The molecule has 1 amide bonds. The van der Waals surface area contributed by atoms with Gasteiger partial charge in [0.1, 0.15) is 12.6 Å². The molecule has 0 fully saturated rings. The summed E-state index contributed by atoms with van der Waals surface area (Å²) in [5, 5.41) is 2.61. The molecule has 5 heteroatoms. The van der Waals surface area contributed by atoms with E-state index in [1.165, 1.54) is 11.8 Å². The number of alkyl carbamates (subject to hydrolysis) is 1. The van der Waals surface area contributed by atoms with Crippen molar-refractivity contribution in [1.29, 1.82) is 0 Å². The Labute approximate surface area is 124 Å². The van der Waals surface area contributed by atoms with Gasteiger partial charge >= 0.3 is 6.09 Å². The highest BCUT2D eigenvalue weighted by atomic mass is 32.2. The molecular formula is C15H21NO3S. The molecule has 0 aliphatic rings. The second-order valence-electron chi connectivity index (χ2n) is 4.68. The van der Waals surface area contributed by atoms with Gasteiger partial charge in [0.05, 0.1) is 0 Å². The summed E-state index contributed by atoms with van der Waals surface area (Å²) in [4.78, 5) is 23.6. The fourth-order valence-electron chi connectivity index (χ4n) is 1.62. The molecule has 0 spiro atoms. The van der Waals surface area contributed by atoms with Crippen molar-refractivity contribution in [2.24, 2.45) is 5.92 Å². The SMILES string of the molecule is CCSC(=O)C(NC(=O)OCc1ccccc1)C(C)C. The molecule has 0 saturated carbocycles. The number of carbonyl (C=O) groups excluding carboxylic acids is 2. The molecule has 0 radical (unpaired) electrons. The zero-order valence-electron chi connectivity index (χ0n) is 12.1. The van der Waals surface area contributed by atoms with Crippen molar-refractivity contribution in [3.8, 4) is 0 Å². The first kappa shape index (κ1) is 16.6. The Morgan fingerprint density at radius 2 is 1.90 bits per heavy atom. The largest absolute Gasteiger partial charge is 0.445 e. The Bertz CT molecular complexity index is 434. The van der Waals surface area contributed by atoms with Crippen LogP contribution in [0, 0.1) is 5.92 Å². The first-order valence-corrected chi connectivity index (χ1v) is 7.67. The maximum absolute atomic E-state index is 11.9. The zero-order chi connectivity index (χ0) is 15.0. The van der Waals surface area contributed by atoms with Crippen molar-refractivity contribution < 1.29 is 14.3 Å². The number of rotatable bonds is 6. The van der Waals surface area contributed by atoms with Gasteiger partial charge < -0.3 is 10.1 Å². The third-order valence-electron chi connectivity index (χ3n) is 2.69. The number of hydrogen-bond donors (Lipinski definition) is 1. The summed E-state index contributed by atoms with van der Waals surface area (Å²) in [5.74, 6) is 0.730. The molecule has 1 aromatic carbocycles. The predicted octanol–water partition coefficient (Wildman–Crippen LogP) is 3.22. The van der Waals surface area contributed by atoms with E-state index in [0.29, 0.717) is 5.75 Å². The standard InChI is InChI=1S/C15H21NO3S/c1-4-20-14(17)13(11(2)3)16-15(18)19-10-12-8-6-5-7-9-12/h5-9,11,13H,4,10H2,1-3H3,(H,16,18). The minimum atomic E-state index is -0.558. The van der Waals surface area contributed by atoms with Gasteiger partial charge in [-0.1, -0.05) is 62.9 Å². The molecule has 20 heavy (non-hydrogen) atoms. The van der Waals surface area contributed by atoms with Crippen LogP contribution >= 0.6 is 11.8 Å². The predicted molar refractivity (Wildman–Crippen MR) is 81.5 cm³/mol. The van der Waals surface area contributed by atoms with Gasteiger partial charge in [-0.25, -0.2) is 4.79 Å². The molecule has 0 heterocycles. The fraction of sp³-hybridized carbons (Fsp3) is 0.467. The Hall–Kier alpha value is -1.49. The molecule has 1 unspecified atom stereocenters. The zero-order valence-corrected chi connectivity index (χ0v) is 12.9. The van der Waals surface area contributed by atoms with Gasteiger partial charge in [0.15, 0.2) is 0 Å². The molecule has 0 saturated heterocycles. The maximum Gasteiger partial charge on any atom is 0.408 e. The highest BCUT2D eigenvalue weighted by molar-refractivity contribution is 8.13. The van der Waals surface area contributed by atoms with Crippen LogP contribution in [-0.2, 0) is 16.1 Å². The van der Waals surface area contributed by atoms with Crippen LogP contribution in [0.3, 0.4) is 0 Å². The Kier molecular flexibility index (Phi) is 7.15. The van der Waals surface area contributed by atoms with Gasteiger partial charge in [-0.3, -0.25) is 4.79 Å². The molecule has 1 atom stereocenters. The molecule has 1 aromatic rings. The van der Waals surface area contributed by atoms with Crippen LogP contribution < -0.4 is 5.32 Å². The Morgan fingerprint density at radius 1 is 1.25 bits per heavy atom. The highest BCUT2D eigenvalue weighted by Gasteiger charge is 2.24.